The third-order valence-electron chi connectivity index (χ3n) is 5.39. The Kier molecular flexibility index (Phi) is 3.70. The molecule has 2 N–H and O–H groups in total. The quantitative estimate of drug-likeness (QED) is 0.582. The summed E-state index contributed by atoms with van der Waals surface area (Å²) in [4.78, 5) is 10.00. The number of hydrogen-bond donors (Lipinski definition) is 2. The van der Waals surface area contributed by atoms with Gasteiger partial charge in [0.1, 0.15) is 5.65 Å². The topological polar surface area (TPSA) is 60.6 Å². The highest BCUT2D eigenvalue weighted by atomic mass is 15.1. The normalized spacial score (nSPS) is 15.6. The third-order valence-corrected chi connectivity index (χ3v) is 5.39. The molecule has 0 unspecified atom stereocenters. The van der Waals surface area contributed by atoms with Crippen LogP contribution in [0.4, 0.5) is 5.69 Å². The first-order valence-corrected chi connectivity index (χ1v) is 9.16. The zero-order valence-electron chi connectivity index (χ0n) is 14.5. The Labute approximate surface area is 152 Å². The molecule has 3 aromatic heterocycles. The molecule has 1 aliphatic heterocycles. The molecule has 5 nitrogen and oxygen atoms in total. The van der Waals surface area contributed by atoms with Crippen LogP contribution < -0.4 is 4.90 Å². The Morgan fingerprint density at radius 1 is 1.00 bits per heavy atom. The molecule has 5 rings (SSSR count). The summed E-state index contributed by atoms with van der Waals surface area (Å²) in [7, 11) is 0. The molecule has 0 radical (unpaired) electrons. The predicted octanol–water partition coefficient (Wildman–Crippen LogP) is 4.34. The lowest BCUT2D eigenvalue weighted by atomic mass is 9.92. The number of anilines is 1. The highest BCUT2D eigenvalue weighted by Gasteiger charge is 2.23. The first kappa shape index (κ1) is 15.2. The number of para-hydroxylation sites is 1. The number of piperidine rings is 1. The van der Waals surface area contributed by atoms with Crippen LogP contribution in [0.2, 0.25) is 0 Å². The summed E-state index contributed by atoms with van der Waals surface area (Å²) in [6.07, 6.45) is 6.05. The second-order valence-electron chi connectivity index (χ2n) is 6.90. The standard InChI is InChI=1S/C21H21N5/c1-2-4-16(5-3-1)26-12-8-15(9-13-26)19-14-20(25-24-19)17-6-10-22-21-18(17)7-11-23-21/h1-7,10-11,14-15H,8-9,12-13H2,(H,22,23)(H,24,25). The highest BCUT2D eigenvalue weighted by Crippen LogP contribution is 2.32. The van der Waals surface area contributed by atoms with Crippen molar-refractivity contribution in [2.45, 2.75) is 18.8 Å². The lowest BCUT2D eigenvalue weighted by Crippen LogP contribution is -2.32. The number of aromatic nitrogens is 4. The van der Waals surface area contributed by atoms with Crippen molar-refractivity contribution in [3.05, 3.63) is 66.6 Å². The van der Waals surface area contributed by atoms with E-state index in [4.69, 9.17) is 0 Å². The van der Waals surface area contributed by atoms with Gasteiger partial charge in [-0.25, -0.2) is 4.98 Å². The smallest absolute Gasteiger partial charge is 0.137 e. The van der Waals surface area contributed by atoms with Gasteiger partial charge in [0.05, 0.1) is 5.69 Å². The number of rotatable bonds is 3. The molecule has 0 amide bonds. The number of fused-ring (bicyclic) bond motifs is 1. The van der Waals surface area contributed by atoms with Gasteiger partial charge in [0.2, 0.25) is 0 Å². The van der Waals surface area contributed by atoms with Gasteiger partial charge in [0.25, 0.3) is 0 Å². The zero-order chi connectivity index (χ0) is 17.3. The molecule has 130 valence electrons. The first-order valence-electron chi connectivity index (χ1n) is 9.16. The zero-order valence-corrected chi connectivity index (χ0v) is 14.5. The molecule has 4 heterocycles. The molecule has 0 saturated carbocycles. The van der Waals surface area contributed by atoms with Crippen LogP contribution in [0, 0.1) is 0 Å². The molecular formula is C21H21N5. The van der Waals surface area contributed by atoms with Crippen LogP contribution in [-0.2, 0) is 0 Å². The van der Waals surface area contributed by atoms with Gasteiger partial charge >= 0.3 is 0 Å². The van der Waals surface area contributed by atoms with E-state index in [1.54, 1.807) is 0 Å². The van der Waals surface area contributed by atoms with Crippen LogP contribution in [0.5, 0.6) is 0 Å². The van der Waals surface area contributed by atoms with Crippen LogP contribution in [0.25, 0.3) is 22.3 Å². The van der Waals surface area contributed by atoms with Crippen molar-refractivity contribution in [1.29, 1.82) is 0 Å². The Hall–Kier alpha value is -3.08. The number of benzene rings is 1. The van der Waals surface area contributed by atoms with E-state index >= 15 is 0 Å². The van der Waals surface area contributed by atoms with Crippen LogP contribution in [0.1, 0.15) is 24.5 Å². The van der Waals surface area contributed by atoms with Gasteiger partial charge in [-0.2, -0.15) is 5.10 Å². The summed E-state index contributed by atoms with van der Waals surface area (Å²) < 4.78 is 0. The molecule has 5 heteroatoms. The van der Waals surface area contributed by atoms with Crippen molar-refractivity contribution in [2.75, 3.05) is 18.0 Å². The van der Waals surface area contributed by atoms with E-state index in [0.717, 1.165) is 48.2 Å². The maximum absolute atomic E-state index is 4.59. The maximum Gasteiger partial charge on any atom is 0.137 e. The van der Waals surface area contributed by atoms with Crippen LogP contribution >= 0.6 is 0 Å². The third kappa shape index (κ3) is 2.65. The van der Waals surface area contributed by atoms with Gasteiger partial charge in [-0.3, -0.25) is 5.10 Å². The Bertz CT molecular complexity index is 1010. The SMILES string of the molecule is c1ccc(N2CCC(c3cc(-c4ccnc5[nH]ccc45)n[nH]3)CC2)cc1. The lowest BCUT2D eigenvalue weighted by Gasteiger charge is -2.33. The molecule has 26 heavy (non-hydrogen) atoms. The number of nitrogens with one attached hydrogen (secondary N) is 2. The van der Waals surface area contributed by atoms with E-state index in [-0.39, 0.29) is 0 Å². The van der Waals surface area contributed by atoms with E-state index in [0.29, 0.717) is 5.92 Å². The van der Waals surface area contributed by atoms with Crippen LogP contribution in [0.3, 0.4) is 0 Å². The van der Waals surface area contributed by atoms with Gasteiger partial charge < -0.3 is 9.88 Å². The van der Waals surface area contributed by atoms with Crippen molar-refractivity contribution in [3.63, 3.8) is 0 Å². The maximum atomic E-state index is 4.59. The van der Waals surface area contributed by atoms with Gasteiger partial charge in [-0.15, -0.1) is 0 Å². The summed E-state index contributed by atoms with van der Waals surface area (Å²) in [5.74, 6) is 0.541. The van der Waals surface area contributed by atoms with Gasteiger partial charge in [0.15, 0.2) is 0 Å². The Morgan fingerprint density at radius 2 is 1.85 bits per heavy atom. The molecule has 1 aliphatic rings. The van der Waals surface area contributed by atoms with E-state index in [1.807, 2.05) is 18.5 Å². The minimum Gasteiger partial charge on any atom is -0.371 e. The summed E-state index contributed by atoms with van der Waals surface area (Å²) in [6, 6.07) is 17.0. The number of hydrogen-bond acceptors (Lipinski definition) is 3. The molecule has 0 aliphatic carbocycles. The summed E-state index contributed by atoms with van der Waals surface area (Å²) in [6.45, 7) is 2.17. The first-order chi connectivity index (χ1) is 12.9. The molecule has 4 aromatic rings. The van der Waals surface area contributed by atoms with E-state index in [2.05, 4.69) is 67.5 Å². The Balaban J connectivity index is 1.34. The molecule has 0 bridgehead atoms. The largest absolute Gasteiger partial charge is 0.371 e. The summed E-state index contributed by atoms with van der Waals surface area (Å²) in [5.41, 5.74) is 5.59. The van der Waals surface area contributed by atoms with Crippen molar-refractivity contribution in [3.8, 4) is 11.3 Å². The monoisotopic (exact) mass is 343 g/mol. The van der Waals surface area contributed by atoms with Crippen molar-refractivity contribution in [1.82, 2.24) is 20.2 Å². The number of aromatic amines is 2. The molecule has 1 saturated heterocycles. The van der Waals surface area contributed by atoms with E-state index in [1.165, 1.54) is 11.4 Å². The average Bonchev–Trinajstić information content (AvgIpc) is 3.38. The summed E-state index contributed by atoms with van der Waals surface area (Å²) in [5, 5.41) is 8.99. The molecule has 1 aromatic carbocycles. The fraction of sp³-hybridized carbons (Fsp3) is 0.238. The average molecular weight is 343 g/mol. The van der Waals surface area contributed by atoms with Crippen molar-refractivity contribution >= 4 is 16.7 Å². The van der Waals surface area contributed by atoms with E-state index < -0.39 is 0 Å². The molecule has 0 spiro atoms. The molecular weight excluding hydrogens is 322 g/mol. The van der Waals surface area contributed by atoms with Gasteiger partial charge in [-0.1, -0.05) is 18.2 Å². The number of pyridine rings is 1. The Morgan fingerprint density at radius 3 is 2.69 bits per heavy atom. The number of nitrogens with zero attached hydrogens (tertiary/aromatic N) is 3. The van der Waals surface area contributed by atoms with Crippen molar-refractivity contribution in [2.24, 2.45) is 0 Å². The van der Waals surface area contributed by atoms with E-state index in [9.17, 15) is 0 Å². The second-order valence-corrected chi connectivity index (χ2v) is 6.90. The van der Waals surface area contributed by atoms with Gasteiger partial charge in [-0.05, 0) is 43.2 Å². The van der Waals surface area contributed by atoms with Crippen LogP contribution in [-0.4, -0.2) is 33.3 Å². The van der Waals surface area contributed by atoms with Crippen molar-refractivity contribution < 1.29 is 0 Å². The predicted molar refractivity (Wildman–Crippen MR) is 104 cm³/mol. The fourth-order valence-corrected chi connectivity index (χ4v) is 3.96. The molecule has 1 fully saturated rings. The number of H-pyrrole nitrogens is 2. The second kappa shape index (κ2) is 6.33. The highest BCUT2D eigenvalue weighted by molar-refractivity contribution is 5.91. The van der Waals surface area contributed by atoms with Gasteiger partial charge in [0, 0.05) is 53.7 Å². The lowest BCUT2D eigenvalue weighted by molar-refractivity contribution is 0.495. The minimum atomic E-state index is 0.541. The molecule has 0 atom stereocenters. The summed E-state index contributed by atoms with van der Waals surface area (Å²) >= 11 is 0. The van der Waals surface area contributed by atoms with Crippen LogP contribution in [0.15, 0.2) is 60.9 Å². The fourth-order valence-electron chi connectivity index (χ4n) is 3.96. The minimum absolute atomic E-state index is 0.541.